The molecular formula is C13H11FN2O5. The largest absolute Gasteiger partial charge is 0.510 e. The van der Waals surface area contributed by atoms with Crippen molar-refractivity contribution in [3.8, 4) is 0 Å². The van der Waals surface area contributed by atoms with Gasteiger partial charge in [0.15, 0.2) is 6.73 Å². The van der Waals surface area contributed by atoms with Gasteiger partial charge in [0.05, 0.1) is 6.20 Å². The molecule has 2 rings (SSSR count). The lowest BCUT2D eigenvalue weighted by Gasteiger charge is -2.07. The van der Waals surface area contributed by atoms with Crippen LogP contribution in [0.2, 0.25) is 0 Å². The van der Waals surface area contributed by atoms with Crippen LogP contribution < -0.4 is 11.2 Å². The van der Waals surface area contributed by atoms with E-state index in [1.165, 1.54) is 0 Å². The molecule has 0 saturated heterocycles. The Morgan fingerprint density at radius 3 is 2.62 bits per heavy atom. The molecule has 0 amide bonds. The Morgan fingerprint density at radius 1 is 1.19 bits per heavy atom. The molecule has 1 aromatic carbocycles. The second-order valence-corrected chi connectivity index (χ2v) is 4.00. The minimum absolute atomic E-state index is 0.00849. The maximum absolute atomic E-state index is 13.0. The first-order valence-electron chi connectivity index (χ1n) is 5.89. The number of nitrogens with zero attached hydrogens (tertiary/aromatic N) is 1. The van der Waals surface area contributed by atoms with Gasteiger partial charge in [0.2, 0.25) is 5.82 Å². The zero-order valence-corrected chi connectivity index (χ0v) is 10.7. The second kappa shape index (κ2) is 6.51. The molecule has 1 heterocycles. The van der Waals surface area contributed by atoms with Gasteiger partial charge in [0.25, 0.3) is 5.56 Å². The SMILES string of the molecule is O=C(OCc1ccccc1)OCn1cc(F)c(=O)[nH]c1=O. The summed E-state index contributed by atoms with van der Waals surface area (Å²) in [5.74, 6) is -1.16. The number of nitrogens with one attached hydrogen (secondary N) is 1. The minimum Gasteiger partial charge on any atom is -0.429 e. The van der Waals surface area contributed by atoms with E-state index in [9.17, 15) is 18.8 Å². The fourth-order valence-electron chi connectivity index (χ4n) is 1.46. The van der Waals surface area contributed by atoms with Crippen molar-refractivity contribution >= 4 is 6.16 Å². The molecular weight excluding hydrogens is 283 g/mol. The fraction of sp³-hybridized carbons (Fsp3) is 0.154. The van der Waals surface area contributed by atoms with Gasteiger partial charge in [0.1, 0.15) is 6.61 Å². The van der Waals surface area contributed by atoms with Crippen LogP contribution in [-0.4, -0.2) is 15.7 Å². The third kappa shape index (κ3) is 4.03. The predicted molar refractivity (Wildman–Crippen MR) is 69.0 cm³/mol. The average Bonchev–Trinajstić information content (AvgIpc) is 2.48. The molecule has 0 aliphatic heterocycles. The standard InChI is InChI=1S/C13H11FN2O5/c14-10-6-16(12(18)15-11(10)17)8-21-13(19)20-7-9-4-2-1-3-5-9/h1-6H,7-8H2,(H,15,17,18). The average molecular weight is 294 g/mol. The van der Waals surface area contributed by atoms with Gasteiger partial charge < -0.3 is 9.47 Å². The van der Waals surface area contributed by atoms with Gasteiger partial charge in [-0.05, 0) is 5.56 Å². The number of hydrogen-bond donors (Lipinski definition) is 1. The molecule has 110 valence electrons. The Hall–Kier alpha value is -2.90. The van der Waals surface area contributed by atoms with Crippen LogP contribution in [0.15, 0.2) is 46.1 Å². The number of rotatable bonds is 4. The molecule has 0 bridgehead atoms. The molecule has 0 atom stereocenters. The number of carbonyl (C=O) groups excluding carboxylic acids is 1. The summed E-state index contributed by atoms with van der Waals surface area (Å²) >= 11 is 0. The lowest BCUT2D eigenvalue weighted by atomic mass is 10.2. The molecule has 0 spiro atoms. The summed E-state index contributed by atoms with van der Waals surface area (Å²) in [5, 5.41) is 0. The van der Waals surface area contributed by atoms with E-state index in [4.69, 9.17) is 4.74 Å². The first kappa shape index (κ1) is 14.5. The Labute approximate surface area is 117 Å². The van der Waals surface area contributed by atoms with E-state index < -0.39 is 30.0 Å². The summed E-state index contributed by atoms with van der Waals surface area (Å²) in [4.78, 5) is 35.2. The quantitative estimate of drug-likeness (QED) is 0.849. The molecule has 21 heavy (non-hydrogen) atoms. The zero-order valence-electron chi connectivity index (χ0n) is 10.7. The summed E-state index contributed by atoms with van der Waals surface area (Å²) in [6, 6.07) is 8.91. The van der Waals surface area contributed by atoms with Gasteiger partial charge >= 0.3 is 11.8 Å². The topological polar surface area (TPSA) is 90.4 Å². The van der Waals surface area contributed by atoms with Crippen molar-refractivity contribution in [1.82, 2.24) is 9.55 Å². The van der Waals surface area contributed by atoms with Gasteiger partial charge in [-0.2, -0.15) is 4.39 Å². The number of ether oxygens (including phenoxy) is 2. The number of aromatic nitrogens is 2. The minimum atomic E-state index is -1.16. The highest BCUT2D eigenvalue weighted by atomic mass is 19.1. The molecule has 7 nitrogen and oxygen atoms in total. The van der Waals surface area contributed by atoms with Crippen molar-refractivity contribution in [2.24, 2.45) is 0 Å². The van der Waals surface area contributed by atoms with Crippen molar-refractivity contribution < 1.29 is 18.7 Å². The highest BCUT2D eigenvalue weighted by Crippen LogP contribution is 2.01. The predicted octanol–water partition coefficient (Wildman–Crippen LogP) is 0.987. The van der Waals surface area contributed by atoms with E-state index in [1.54, 1.807) is 29.2 Å². The van der Waals surface area contributed by atoms with Crippen LogP contribution in [0.1, 0.15) is 5.56 Å². The number of halogens is 1. The molecule has 1 aromatic heterocycles. The van der Waals surface area contributed by atoms with E-state index in [0.717, 1.165) is 5.56 Å². The molecule has 2 aromatic rings. The molecule has 0 aliphatic rings. The van der Waals surface area contributed by atoms with Crippen LogP contribution in [-0.2, 0) is 22.8 Å². The van der Waals surface area contributed by atoms with Crippen LogP contribution in [0, 0.1) is 5.82 Å². The van der Waals surface area contributed by atoms with Crippen LogP contribution in [0.25, 0.3) is 0 Å². The summed E-state index contributed by atoms with van der Waals surface area (Å²) in [5.41, 5.74) is -1.26. The van der Waals surface area contributed by atoms with E-state index in [1.807, 2.05) is 6.07 Å². The zero-order chi connectivity index (χ0) is 15.2. The summed E-state index contributed by atoms with van der Waals surface area (Å²) in [6.07, 6.45) is -0.372. The summed E-state index contributed by atoms with van der Waals surface area (Å²) in [7, 11) is 0. The maximum Gasteiger partial charge on any atom is 0.510 e. The van der Waals surface area contributed by atoms with E-state index in [0.29, 0.717) is 10.8 Å². The van der Waals surface area contributed by atoms with Gasteiger partial charge in [-0.3, -0.25) is 14.3 Å². The normalized spacial score (nSPS) is 10.1. The molecule has 0 saturated carbocycles. The highest BCUT2D eigenvalue weighted by molar-refractivity contribution is 5.59. The van der Waals surface area contributed by atoms with Crippen LogP contribution in [0.3, 0.4) is 0 Å². The lowest BCUT2D eigenvalue weighted by Crippen LogP contribution is -2.32. The van der Waals surface area contributed by atoms with E-state index in [-0.39, 0.29) is 6.61 Å². The first-order valence-corrected chi connectivity index (χ1v) is 5.89. The van der Waals surface area contributed by atoms with Gasteiger partial charge in [-0.1, -0.05) is 30.3 Å². The van der Waals surface area contributed by atoms with Crippen molar-refractivity contribution in [1.29, 1.82) is 0 Å². The van der Waals surface area contributed by atoms with Crippen molar-refractivity contribution in [2.75, 3.05) is 0 Å². The Morgan fingerprint density at radius 2 is 1.90 bits per heavy atom. The lowest BCUT2D eigenvalue weighted by molar-refractivity contribution is 0.0275. The Balaban J connectivity index is 1.88. The molecule has 8 heteroatoms. The van der Waals surface area contributed by atoms with E-state index >= 15 is 0 Å². The van der Waals surface area contributed by atoms with Crippen molar-refractivity contribution in [2.45, 2.75) is 13.3 Å². The van der Waals surface area contributed by atoms with Gasteiger partial charge in [0, 0.05) is 0 Å². The maximum atomic E-state index is 13.0. The second-order valence-electron chi connectivity index (χ2n) is 4.00. The molecule has 0 radical (unpaired) electrons. The first-order chi connectivity index (χ1) is 10.1. The van der Waals surface area contributed by atoms with Gasteiger partial charge in [-0.25, -0.2) is 9.59 Å². The third-order valence-electron chi connectivity index (χ3n) is 2.49. The van der Waals surface area contributed by atoms with Crippen LogP contribution >= 0.6 is 0 Å². The smallest absolute Gasteiger partial charge is 0.429 e. The van der Waals surface area contributed by atoms with Crippen LogP contribution in [0.4, 0.5) is 9.18 Å². The van der Waals surface area contributed by atoms with E-state index in [2.05, 4.69) is 4.74 Å². The summed E-state index contributed by atoms with van der Waals surface area (Å²) < 4.78 is 23.1. The Bertz CT molecular complexity index is 738. The Kier molecular flexibility index (Phi) is 4.50. The van der Waals surface area contributed by atoms with Gasteiger partial charge in [-0.15, -0.1) is 0 Å². The highest BCUT2D eigenvalue weighted by Gasteiger charge is 2.08. The van der Waals surface area contributed by atoms with Crippen molar-refractivity contribution in [3.05, 3.63) is 68.7 Å². The fourth-order valence-corrected chi connectivity index (χ4v) is 1.46. The van der Waals surface area contributed by atoms with Crippen LogP contribution in [0.5, 0.6) is 0 Å². The molecule has 1 N–H and O–H groups in total. The third-order valence-corrected chi connectivity index (χ3v) is 2.49. The molecule has 0 fully saturated rings. The monoisotopic (exact) mass is 294 g/mol. The summed E-state index contributed by atoms with van der Waals surface area (Å²) in [6.45, 7) is -0.561. The number of H-pyrrole nitrogens is 1. The number of aromatic amines is 1. The number of carbonyl (C=O) groups is 1. The molecule has 0 aliphatic carbocycles. The number of hydrogen-bond acceptors (Lipinski definition) is 5. The number of benzene rings is 1. The molecule has 0 unspecified atom stereocenters. The van der Waals surface area contributed by atoms with Crippen molar-refractivity contribution in [3.63, 3.8) is 0 Å².